The summed E-state index contributed by atoms with van der Waals surface area (Å²) in [6.45, 7) is 0.447. The zero-order chi connectivity index (χ0) is 20.0. The van der Waals surface area contributed by atoms with E-state index >= 15 is 0 Å². The summed E-state index contributed by atoms with van der Waals surface area (Å²) in [5, 5.41) is 12.6. The molecule has 0 unspecified atom stereocenters. The fourth-order valence-electron chi connectivity index (χ4n) is 3.26. The number of nitrogens with zero attached hydrogens (tertiary/aromatic N) is 3. The van der Waals surface area contributed by atoms with Gasteiger partial charge in [-0.15, -0.1) is 0 Å². The number of imide groups is 1. The van der Waals surface area contributed by atoms with Gasteiger partial charge in [0, 0.05) is 29.8 Å². The molecular weight excluding hydrogens is 370 g/mol. The maximum absolute atomic E-state index is 11.9. The fourth-order valence-corrected chi connectivity index (χ4v) is 3.26. The maximum Gasteiger partial charge on any atom is 0.326 e. The molecule has 0 spiro atoms. The first-order valence-electron chi connectivity index (χ1n) is 9.39. The molecule has 0 bridgehead atoms. The molecule has 2 aliphatic rings. The van der Waals surface area contributed by atoms with Crippen LogP contribution in [0.5, 0.6) is 0 Å². The van der Waals surface area contributed by atoms with Crippen molar-refractivity contribution in [1.29, 1.82) is 0 Å². The van der Waals surface area contributed by atoms with Crippen LogP contribution in [0.3, 0.4) is 0 Å². The van der Waals surface area contributed by atoms with Crippen molar-refractivity contribution in [2.75, 3.05) is 5.32 Å². The van der Waals surface area contributed by atoms with Crippen molar-refractivity contribution in [1.82, 2.24) is 25.2 Å². The minimum atomic E-state index is -0.541. The van der Waals surface area contributed by atoms with Crippen molar-refractivity contribution in [2.45, 2.75) is 25.4 Å². The van der Waals surface area contributed by atoms with E-state index in [1.807, 2.05) is 30.3 Å². The van der Waals surface area contributed by atoms with Gasteiger partial charge in [-0.1, -0.05) is 18.2 Å². The highest BCUT2D eigenvalue weighted by Crippen LogP contribution is 2.29. The third-order valence-corrected chi connectivity index (χ3v) is 4.91. The third-order valence-electron chi connectivity index (χ3n) is 4.91. The molecule has 1 aromatic carbocycles. The van der Waals surface area contributed by atoms with Crippen LogP contribution in [-0.4, -0.2) is 32.6 Å². The van der Waals surface area contributed by atoms with E-state index in [9.17, 15) is 9.59 Å². The topological polar surface area (TPSA) is 126 Å². The van der Waals surface area contributed by atoms with E-state index < -0.39 is 11.9 Å². The molecule has 3 aromatic rings. The monoisotopic (exact) mass is 389 g/mol. The lowest BCUT2D eigenvalue weighted by Crippen LogP contribution is -2.22. The highest BCUT2D eigenvalue weighted by Gasteiger charge is 2.25. The summed E-state index contributed by atoms with van der Waals surface area (Å²) in [5.41, 5.74) is 9.91. The average molecular weight is 389 g/mol. The number of anilines is 1. The van der Waals surface area contributed by atoms with E-state index in [1.165, 1.54) is 0 Å². The van der Waals surface area contributed by atoms with Gasteiger partial charge >= 0.3 is 6.03 Å². The molecule has 29 heavy (non-hydrogen) atoms. The van der Waals surface area contributed by atoms with E-state index in [1.54, 1.807) is 16.8 Å². The first kappa shape index (κ1) is 17.4. The van der Waals surface area contributed by atoms with Gasteiger partial charge in [-0.05, 0) is 30.5 Å². The summed E-state index contributed by atoms with van der Waals surface area (Å²) in [5.74, 6) is 0.354. The molecule has 9 nitrogen and oxygen atoms in total. The molecule has 3 amide bonds. The van der Waals surface area contributed by atoms with E-state index in [2.05, 4.69) is 21.0 Å². The van der Waals surface area contributed by atoms with Crippen molar-refractivity contribution in [2.24, 2.45) is 5.73 Å². The number of amides is 3. The first-order valence-corrected chi connectivity index (χ1v) is 9.39. The Hall–Kier alpha value is -3.72. The minimum absolute atomic E-state index is 0.166. The van der Waals surface area contributed by atoms with E-state index in [0.29, 0.717) is 23.8 Å². The summed E-state index contributed by atoms with van der Waals surface area (Å²) < 4.78 is 1.72. The molecule has 1 saturated heterocycles. The second-order valence-electron chi connectivity index (χ2n) is 7.15. The number of benzene rings is 1. The smallest absolute Gasteiger partial charge is 0.326 e. The molecule has 1 aliphatic heterocycles. The number of aromatic nitrogens is 3. The standard InChI is InChI=1S/C20H19N7O2/c21-9-11-2-1-3-12(6-11)15-8-17(23-14-4-5-14)27-18(24-15)13(10-22-27)7-16-19(28)26-20(29)25-16/h1-3,6-8,10,14,23H,4-5,9,21H2,(H2,25,26,28,29). The van der Waals surface area contributed by atoms with Crippen molar-refractivity contribution in [3.05, 3.63) is 53.4 Å². The van der Waals surface area contributed by atoms with Crippen LogP contribution in [0.2, 0.25) is 0 Å². The van der Waals surface area contributed by atoms with Gasteiger partial charge in [0.25, 0.3) is 5.91 Å². The molecular formula is C20H19N7O2. The zero-order valence-corrected chi connectivity index (χ0v) is 15.5. The van der Waals surface area contributed by atoms with Crippen molar-refractivity contribution in [3.8, 4) is 11.3 Å². The second-order valence-corrected chi connectivity index (χ2v) is 7.15. The number of nitrogens with one attached hydrogen (secondary N) is 3. The molecule has 5 rings (SSSR count). The average Bonchev–Trinajstić information content (AvgIpc) is 3.36. The van der Waals surface area contributed by atoms with Gasteiger partial charge in [0.1, 0.15) is 11.5 Å². The Kier molecular flexibility index (Phi) is 4.02. The molecule has 9 heteroatoms. The van der Waals surface area contributed by atoms with Crippen LogP contribution in [0.4, 0.5) is 10.6 Å². The lowest BCUT2D eigenvalue weighted by atomic mass is 10.1. The van der Waals surface area contributed by atoms with Gasteiger partial charge in [0.2, 0.25) is 0 Å². The van der Waals surface area contributed by atoms with Gasteiger partial charge in [-0.25, -0.2) is 9.78 Å². The predicted molar refractivity (Wildman–Crippen MR) is 108 cm³/mol. The Bertz CT molecular complexity index is 1180. The van der Waals surface area contributed by atoms with E-state index in [0.717, 1.165) is 35.5 Å². The van der Waals surface area contributed by atoms with Crippen molar-refractivity contribution >= 4 is 29.5 Å². The summed E-state index contributed by atoms with van der Waals surface area (Å²) in [7, 11) is 0. The Balaban J connectivity index is 1.65. The molecule has 146 valence electrons. The number of carbonyl (C=O) groups excluding carboxylic acids is 2. The van der Waals surface area contributed by atoms with Gasteiger partial charge in [-0.2, -0.15) is 9.61 Å². The largest absolute Gasteiger partial charge is 0.367 e. The number of fused-ring (bicyclic) bond motifs is 1. The number of hydrogen-bond donors (Lipinski definition) is 4. The molecule has 2 fully saturated rings. The zero-order valence-electron chi connectivity index (χ0n) is 15.5. The minimum Gasteiger partial charge on any atom is -0.367 e. The Morgan fingerprint density at radius 2 is 2.10 bits per heavy atom. The van der Waals surface area contributed by atoms with Crippen LogP contribution in [-0.2, 0) is 11.3 Å². The summed E-state index contributed by atoms with van der Waals surface area (Å²) in [6, 6.07) is 9.78. The van der Waals surface area contributed by atoms with E-state index in [4.69, 9.17) is 10.7 Å². The number of urea groups is 1. The normalized spacial score (nSPS) is 17.6. The molecule has 1 aliphatic carbocycles. The van der Waals surface area contributed by atoms with Crippen LogP contribution in [0.1, 0.15) is 24.0 Å². The van der Waals surface area contributed by atoms with Crippen molar-refractivity contribution in [3.63, 3.8) is 0 Å². The van der Waals surface area contributed by atoms with Crippen LogP contribution in [0, 0.1) is 0 Å². The first-order chi connectivity index (χ1) is 14.1. The predicted octanol–water partition coefficient (Wildman–Crippen LogP) is 1.61. The third kappa shape index (κ3) is 3.32. The quantitative estimate of drug-likeness (QED) is 0.388. The number of nitrogens with two attached hydrogens (primary N) is 1. The van der Waals surface area contributed by atoms with Gasteiger partial charge in [0.05, 0.1) is 11.9 Å². The highest BCUT2D eigenvalue weighted by atomic mass is 16.2. The van der Waals surface area contributed by atoms with Crippen LogP contribution in [0.25, 0.3) is 23.0 Å². The number of rotatable bonds is 5. The molecule has 1 saturated carbocycles. The number of hydrogen-bond acceptors (Lipinski definition) is 6. The second kappa shape index (κ2) is 6.71. The lowest BCUT2D eigenvalue weighted by Gasteiger charge is -2.11. The molecule has 0 atom stereocenters. The summed E-state index contributed by atoms with van der Waals surface area (Å²) >= 11 is 0. The highest BCUT2D eigenvalue weighted by molar-refractivity contribution is 6.14. The van der Waals surface area contributed by atoms with Crippen LogP contribution in [0.15, 0.2) is 42.2 Å². The van der Waals surface area contributed by atoms with E-state index in [-0.39, 0.29) is 5.70 Å². The molecule has 3 heterocycles. The van der Waals surface area contributed by atoms with Gasteiger partial charge in [0.15, 0.2) is 5.65 Å². The summed E-state index contributed by atoms with van der Waals surface area (Å²) in [4.78, 5) is 28.1. The fraction of sp³-hybridized carbons (Fsp3) is 0.200. The molecule has 0 radical (unpaired) electrons. The Labute approximate surface area is 166 Å². The van der Waals surface area contributed by atoms with Crippen LogP contribution < -0.4 is 21.7 Å². The Morgan fingerprint density at radius 1 is 1.24 bits per heavy atom. The molecule has 5 N–H and O–H groups in total. The van der Waals surface area contributed by atoms with Crippen LogP contribution >= 0.6 is 0 Å². The maximum atomic E-state index is 11.9. The Morgan fingerprint density at radius 3 is 2.83 bits per heavy atom. The lowest BCUT2D eigenvalue weighted by molar-refractivity contribution is -0.115. The summed E-state index contributed by atoms with van der Waals surface area (Å²) in [6.07, 6.45) is 5.44. The number of carbonyl (C=O) groups is 2. The van der Waals surface area contributed by atoms with Gasteiger partial charge in [-0.3, -0.25) is 10.1 Å². The van der Waals surface area contributed by atoms with Gasteiger partial charge < -0.3 is 16.4 Å². The van der Waals surface area contributed by atoms with Crippen molar-refractivity contribution < 1.29 is 9.59 Å². The SMILES string of the molecule is NCc1cccc(-c2cc(NC3CC3)n3ncc(C=C4NC(=O)NC4=O)c3n2)c1. The molecule has 2 aromatic heterocycles.